The van der Waals surface area contributed by atoms with E-state index in [0.29, 0.717) is 86.6 Å². The number of furan rings is 2. The molecule has 58 heavy (non-hydrogen) atoms. The summed E-state index contributed by atoms with van der Waals surface area (Å²) in [7, 11) is 3.12. The van der Waals surface area contributed by atoms with Crippen LogP contribution in [0.5, 0.6) is 11.5 Å². The van der Waals surface area contributed by atoms with Crippen LogP contribution in [0.1, 0.15) is 66.6 Å². The number of aromatic nitrogens is 2. The molecular formula is C46H44F2N4O6. The first-order chi connectivity index (χ1) is 28.0. The predicted octanol–water partition coefficient (Wildman–Crippen LogP) is 10.3. The molecule has 10 nitrogen and oxygen atoms in total. The minimum atomic E-state index is -0.397. The van der Waals surface area contributed by atoms with Gasteiger partial charge in [0.05, 0.1) is 28.3 Å². The summed E-state index contributed by atoms with van der Waals surface area (Å²) >= 11 is 0. The number of halogens is 2. The van der Waals surface area contributed by atoms with Crippen LogP contribution in [0.3, 0.4) is 0 Å². The largest absolute Gasteiger partial charge is 0.489 e. The van der Waals surface area contributed by atoms with Crippen LogP contribution >= 0.6 is 0 Å². The summed E-state index contributed by atoms with van der Waals surface area (Å²) in [6, 6.07) is 17.5. The van der Waals surface area contributed by atoms with Crippen LogP contribution in [0.25, 0.3) is 66.4 Å². The SMILES string of the molecule is CCc1c[nH]c2c(OC(C)Cc3cc4c5oc(-c6ccc(F)cc6)c(C(=O)NC)c5cc(OC(C)C)c4n3CC)cc3c(C(=O)NC)c(-c4ccc(F)cc4)oc3c12. The lowest BCUT2D eigenvalue weighted by molar-refractivity contribution is 0.0956. The molecule has 0 aliphatic rings. The average Bonchev–Trinajstić information content (AvgIpc) is 3.99. The smallest absolute Gasteiger partial charge is 0.255 e. The molecule has 0 radical (unpaired) electrons. The van der Waals surface area contributed by atoms with Crippen LogP contribution in [0.4, 0.5) is 8.78 Å². The summed E-state index contributed by atoms with van der Waals surface area (Å²) in [5.41, 5.74) is 6.32. The molecule has 2 amide bonds. The van der Waals surface area contributed by atoms with E-state index in [1.165, 1.54) is 24.3 Å². The van der Waals surface area contributed by atoms with E-state index in [0.717, 1.165) is 33.1 Å². The Labute approximate surface area is 333 Å². The van der Waals surface area contributed by atoms with Crippen molar-refractivity contribution in [2.75, 3.05) is 14.1 Å². The zero-order valence-electron chi connectivity index (χ0n) is 33.4. The van der Waals surface area contributed by atoms with Crippen molar-refractivity contribution in [3.05, 3.63) is 107 Å². The molecule has 1 unspecified atom stereocenters. The number of H-pyrrole nitrogens is 1. The Balaban J connectivity index is 1.26. The highest BCUT2D eigenvalue weighted by atomic mass is 19.1. The molecule has 8 aromatic rings. The maximum absolute atomic E-state index is 14.0. The Morgan fingerprint density at radius 1 is 0.759 bits per heavy atom. The quantitative estimate of drug-likeness (QED) is 0.113. The van der Waals surface area contributed by atoms with Gasteiger partial charge >= 0.3 is 0 Å². The normalized spacial score (nSPS) is 12.3. The molecule has 0 saturated carbocycles. The van der Waals surface area contributed by atoms with E-state index in [-0.39, 0.29) is 24.0 Å². The van der Waals surface area contributed by atoms with Crippen LogP contribution < -0.4 is 20.1 Å². The van der Waals surface area contributed by atoms with Crippen LogP contribution in [0.15, 0.2) is 81.8 Å². The van der Waals surface area contributed by atoms with E-state index >= 15 is 0 Å². The summed E-state index contributed by atoms with van der Waals surface area (Å²) in [6.07, 6.45) is 2.53. The van der Waals surface area contributed by atoms with Gasteiger partial charge in [-0.1, -0.05) is 6.92 Å². The van der Waals surface area contributed by atoms with Crippen LogP contribution in [-0.2, 0) is 19.4 Å². The molecule has 4 aromatic heterocycles. The summed E-state index contributed by atoms with van der Waals surface area (Å²) < 4.78 is 56.4. The number of ether oxygens (including phenoxy) is 2. The van der Waals surface area contributed by atoms with E-state index < -0.39 is 11.6 Å². The molecule has 12 heteroatoms. The van der Waals surface area contributed by atoms with Crippen molar-refractivity contribution in [2.24, 2.45) is 0 Å². The number of hydrogen-bond donors (Lipinski definition) is 3. The first-order valence-corrected chi connectivity index (χ1v) is 19.5. The zero-order chi connectivity index (χ0) is 41.0. The molecule has 0 spiro atoms. The van der Waals surface area contributed by atoms with Gasteiger partial charge in [0.15, 0.2) is 0 Å². The first-order valence-electron chi connectivity index (χ1n) is 19.5. The van der Waals surface area contributed by atoms with Gasteiger partial charge in [-0.3, -0.25) is 9.59 Å². The first kappa shape index (κ1) is 38.3. The maximum atomic E-state index is 14.0. The molecule has 0 fully saturated rings. The molecule has 298 valence electrons. The van der Waals surface area contributed by atoms with E-state index in [4.69, 9.17) is 18.3 Å². The van der Waals surface area contributed by atoms with Crippen LogP contribution in [0.2, 0.25) is 0 Å². The molecule has 0 aliphatic heterocycles. The number of nitrogens with one attached hydrogen (secondary N) is 3. The predicted molar refractivity (Wildman–Crippen MR) is 222 cm³/mol. The summed E-state index contributed by atoms with van der Waals surface area (Å²) in [4.78, 5) is 30.4. The average molecular weight is 787 g/mol. The van der Waals surface area contributed by atoms with Crippen molar-refractivity contribution in [1.29, 1.82) is 0 Å². The number of nitrogens with zero attached hydrogens (tertiary/aromatic N) is 1. The van der Waals surface area contributed by atoms with Gasteiger partial charge in [0.1, 0.15) is 51.9 Å². The summed E-state index contributed by atoms with van der Waals surface area (Å²) in [5, 5.41) is 8.21. The van der Waals surface area contributed by atoms with Gasteiger partial charge in [0.25, 0.3) is 11.8 Å². The molecule has 4 aromatic carbocycles. The highest BCUT2D eigenvalue weighted by molar-refractivity contribution is 6.19. The minimum Gasteiger partial charge on any atom is -0.489 e. The number of carbonyl (C=O) groups excluding carboxylic acids is 2. The Kier molecular flexibility index (Phi) is 9.96. The zero-order valence-corrected chi connectivity index (χ0v) is 33.4. The van der Waals surface area contributed by atoms with Crippen LogP contribution in [-0.4, -0.2) is 47.7 Å². The van der Waals surface area contributed by atoms with Crippen molar-refractivity contribution in [1.82, 2.24) is 20.2 Å². The van der Waals surface area contributed by atoms with Crippen molar-refractivity contribution in [3.63, 3.8) is 0 Å². The van der Waals surface area contributed by atoms with Gasteiger partial charge in [0.2, 0.25) is 0 Å². The number of hydrogen-bond acceptors (Lipinski definition) is 6. The topological polar surface area (TPSA) is 124 Å². The van der Waals surface area contributed by atoms with Gasteiger partial charge < -0.3 is 38.5 Å². The summed E-state index contributed by atoms with van der Waals surface area (Å²) in [6.45, 7) is 10.6. The van der Waals surface area contributed by atoms with E-state index in [1.807, 2.05) is 46.0 Å². The third kappa shape index (κ3) is 6.42. The molecule has 0 saturated heterocycles. The number of aryl methyl sites for hydroxylation is 2. The van der Waals surface area contributed by atoms with Crippen molar-refractivity contribution in [3.8, 4) is 34.1 Å². The van der Waals surface area contributed by atoms with E-state index in [9.17, 15) is 18.4 Å². The van der Waals surface area contributed by atoms with Crippen molar-refractivity contribution < 1.29 is 36.7 Å². The number of amides is 2. The lowest BCUT2D eigenvalue weighted by Crippen LogP contribution is -2.19. The highest BCUT2D eigenvalue weighted by Gasteiger charge is 2.29. The van der Waals surface area contributed by atoms with Crippen LogP contribution in [0, 0.1) is 11.6 Å². The number of carbonyl (C=O) groups is 2. The standard InChI is InChI=1S/C46H44F2N4O6/c1-8-25-22-51-39-34(20-32-38(46(54)50-7)42(58-44(32)36(25)39)27-12-16-29(48)17-13-27)56-24(5)18-30-19-33-40(52(30)9-2)35(55-23(3)4)21-31-37(45(53)49-6)41(57-43(31)33)26-10-14-28(47)15-11-26/h10-17,19-24,51H,8-9,18H2,1-7H3,(H,49,53)(H,50,54). The Bertz CT molecular complexity index is 2860. The number of benzene rings is 4. The van der Waals surface area contributed by atoms with Gasteiger partial charge in [-0.15, -0.1) is 0 Å². The Morgan fingerprint density at radius 3 is 1.84 bits per heavy atom. The number of rotatable bonds is 12. The molecule has 4 heterocycles. The Morgan fingerprint density at radius 2 is 1.31 bits per heavy atom. The third-order valence-corrected chi connectivity index (χ3v) is 10.5. The Hall–Kier alpha value is -6.56. The maximum Gasteiger partial charge on any atom is 0.255 e. The van der Waals surface area contributed by atoms with Gasteiger partial charge in [-0.05, 0) is 106 Å². The summed E-state index contributed by atoms with van der Waals surface area (Å²) in [5.74, 6) is 0.328. The van der Waals surface area contributed by atoms with E-state index in [2.05, 4.69) is 33.2 Å². The van der Waals surface area contributed by atoms with Gasteiger partial charge in [-0.2, -0.15) is 0 Å². The van der Waals surface area contributed by atoms with Gasteiger partial charge in [-0.25, -0.2) is 8.78 Å². The number of fused-ring (bicyclic) bond motifs is 6. The third-order valence-electron chi connectivity index (χ3n) is 10.5. The number of aromatic amines is 1. The van der Waals surface area contributed by atoms with Gasteiger partial charge in [0, 0.05) is 71.6 Å². The lowest BCUT2D eigenvalue weighted by atomic mass is 10.0. The molecule has 0 aliphatic carbocycles. The fraction of sp³-hybridized carbons (Fsp3) is 0.261. The van der Waals surface area contributed by atoms with Crippen molar-refractivity contribution in [2.45, 2.75) is 66.2 Å². The van der Waals surface area contributed by atoms with E-state index in [1.54, 1.807) is 38.4 Å². The second-order valence-corrected chi connectivity index (χ2v) is 14.6. The fourth-order valence-electron chi connectivity index (χ4n) is 8.02. The second kappa shape index (κ2) is 15.1. The fourth-order valence-corrected chi connectivity index (χ4v) is 8.02. The molecule has 1 atom stereocenters. The highest BCUT2D eigenvalue weighted by Crippen LogP contribution is 2.45. The lowest BCUT2D eigenvalue weighted by Gasteiger charge is -2.18. The minimum absolute atomic E-state index is 0.171. The monoisotopic (exact) mass is 786 g/mol. The molecule has 8 rings (SSSR count). The second-order valence-electron chi connectivity index (χ2n) is 14.6. The van der Waals surface area contributed by atoms with Crippen molar-refractivity contribution >= 4 is 55.6 Å². The molecule has 0 bridgehead atoms. The molecular weight excluding hydrogens is 743 g/mol. The molecule has 3 N–H and O–H groups in total.